The van der Waals surface area contributed by atoms with Gasteiger partial charge in [-0.25, -0.2) is 4.98 Å². The fraction of sp³-hybridized carbons (Fsp3) is 0.348. The molecule has 0 unspecified atom stereocenters. The summed E-state index contributed by atoms with van der Waals surface area (Å²) in [6.45, 7) is 3.95. The maximum atomic E-state index is 12.7. The predicted octanol–water partition coefficient (Wildman–Crippen LogP) is 3.88. The summed E-state index contributed by atoms with van der Waals surface area (Å²) in [5.74, 6) is 1.03. The van der Waals surface area contributed by atoms with Gasteiger partial charge in [0.05, 0.1) is 18.6 Å². The molecule has 11 heteroatoms. The third kappa shape index (κ3) is 5.97. The lowest BCUT2D eigenvalue weighted by Gasteiger charge is -2.20. The van der Waals surface area contributed by atoms with Crippen LogP contribution in [0.5, 0.6) is 17.2 Å². The maximum absolute atomic E-state index is 12.7. The molecule has 1 saturated heterocycles. The molecule has 1 aliphatic rings. The first-order chi connectivity index (χ1) is 16.3. The number of nitrogens with one attached hydrogen (secondary N) is 1. The van der Waals surface area contributed by atoms with E-state index < -0.39 is 11.9 Å². The van der Waals surface area contributed by atoms with Gasteiger partial charge in [0.25, 0.3) is 5.91 Å². The number of anilines is 1. The summed E-state index contributed by atoms with van der Waals surface area (Å²) >= 11 is 0. The van der Waals surface area contributed by atoms with Gasteiger partial charge in [0.1, 0.15) is 17.2 Å². The Balaban J connectivity index is 1.29. The van der Waals surface area contributed by atoms with Gasteiger partial charge >= 0.3 is 6.18 Å². The Morgan fingerprint density at radius 3 is 2.74 bits per heavy atom. The molecule has 180 valence electrons. The second kappa shape index (κ2) is 10.0. The van der Waals surface area contributed by atoms with Crippen molar-refractivity contribution in [2.75, 3.05) is 24.6 Å². The van der Waals surface area contributed by atoms with Crippen LogP contribution in [0.1, 0.15) is 19.0 Å². The molecule has 3 heterocycles. The Kier molecular flexibility index (Phi) is 6.90. The van der Waals surface area contributed by atoms with Gasteiger partial charge < -0.3 is 19.7 Å². The number of hydrogen-bond acceptors (Lipinski definition) is 6. The van der Waals surface area contributed by atoms with E-state index in [0.717, 1.165) is 37.5 Å². The van der Waals surface area contributed by atoms with Crippen LogP contribution in [0.2, 0.25) is 0 Å². The number of carbonyl (C=O) groups is 1. The van der Waals surface area contributed by atoms with Crippen molar-refractivity contribution < 1.29 is 27.4 Å². The third-order valence-corrected chi connectivity index (χ3v) is 5.30. The lowest BCUT2D eigenvalue weighted by atomic mass is 10.2. The van der Waals surface area contributed by atoms with Crippen LogP contribution in [-0.2, 0) is 17.5 Å². The Labute approximate surface area is 194 Å². The highest BCUT2D eigenvalue weighted by molar-refractivity contribution is 5.78. The number of halogens is 3. The SMILES string of the molecule is CCn1cc(OCC(=O)N[C@H]2CCN(c3cccc(Oc4ccc(C(F)(F)F)nc4)c3)C2)cn1. The molecule has 8 nitrogen and oxygen atoms in total. The second-order valence-corrected chi connectivity index (χ2v) is 7.80. The molecule has 1 N–H and O–H groups in total. The molecule has 1 aliphatic heterocycles. The molecule has 1 amide bonds. The summed E-state index contributed by atoms with van der Waals surface area (Å²) in [5.41, 5.74) is -0.0856. The summed E-state index contributed by atoms with van der Waals surface area (Å²) in [7, 11) is 0. The number of amides is 1. The van der Waals surface area contributed by atoms with E-state index in [1.807, 2.05) is 13.0 Å². The van der Waals surface area contributed by atoms with Crippen molar-refractivity contribution in [3.63, 3.8) is 0 Å². The molecule has 1 aromatic carbocycles. The van der Waals surface area contributed by atoms with Gasteiger partial charge in [0.2, 0.25) is 0 Å². The number of ether oxygens (including phenoxy) is 2. The number of alkyl halides is 3. The van der Waals surface area contributed by atoms with Crippen LogP contribution in [0.4, 0.5) is 18.9 Å². The Hall–Kier alpha value is -3.76. The zero-order chi connectivity index (χ0) is 24.1. The number of carbonyl (C=O) groups excluding carboxylic acids is 1. The van der Waals surface area contributed by atoms with Gasteiger partial charge in [-0.15, -0.1) is 0 Å². The van der Waals surface area contributed by atoms with Gasteiger partial charge in [-0.2, -0.15) is 18.3 Å². The van der Waals surface area contributed by atoms with Crippen molar-refractivity contribution in [1.82, 2.24) is 20.1 Å². The smallest absolute Gasteiger partial charge is 0.433 e. The number of benzene rings is 1. The quantitative estimate of drug-likeness (QED) is 0.533. The highest BCUT2D eigenvalue weighted by Gasteiger charge is 2.32. The molecule has 0 bridgehead atoms. The first kappa shape index (κ1) is 23.4. The van der Waals surface area contributed by atoms with Crippen LogP contribution in [0, 0.1) is 0 Å². The van der Waals surface area contributed by atoms with Crippen LogP contribution in [0.15, 0.2) is 55.0 Å². The monoisotopic (exact) mass is 475 g/mol. The van der Waals surface area contributed by atoms with Crippen molar-refractivity contribution in [2.45, 2.75) is 32.1 Å². The molecular formula is C23H24F3N5O3. The van der Waals surface area contributed by atoms with Crippen molar-refractivity contribution in [3.05, 3.63) is 60.7 Å². The zero-order valence-corrected chi connectivity index (χ0v) is 18.5. The van der Waals surface area contributed by atoms with Crippen LogP contribution >= 0.6 is 0 Å². The standard InChI is InChI=1S/C23H24F3N5O3/c1-2-31-14-20(12-28-31)33-15-22(32)29-16-8-9-30(13-16)17-4-3-5-18(10-17)34-19-6-7-21(27-11-19)23(24,25)26/h3-7,10-12,14,16H,2,8-9,13,15H2,1H3,(H,29,32)/t16-/m0/s1. The van der Waals surface area contributed by atoms with Crippen molar-refractivity contribution in [1.29, 1.82) is 0 Å². The Morgan fingerprint density at radius 2 is 2.03 bits per heavy atom. The minimum absolute atomic E-state index is 0.0295. The molecule has 34 heavy (non-hydrogen) atoms. The fourth-order valence-corrected chi connectivity index (χ4v) is 3.61. The first-order valence-corrected chi connectivity index (χ1v) is 10.8. The fourth-order valence-electron chi connectivity index (χ4n) is 3.61. The van der Waals surface area contributed by atoms with Crippen LogP contribution < -0.4 is 19.7 Å². The predicted molar refractivity (Wildman–Crippen MR) is 118 cm³/mol. The molecule has 0 saturated carbocycles. The van der Waals surface area contributed by atoms with Gasteiger partial charge in [-0.1, -0.05) is 6.07 Å². The van der Waals surface area contributed by atoms with E-state index in [1.54, 1.807) is 35.3 Å². The minimum Gasteiger partial charge on any atom is -0.480 e. The van der Waals surface area contributed by atoms with Gasteiger partial charge in [0, 0.05) is 37.4 Å². The number of pyridine rings is 1. The number of aromatic nitrogens is 3. The van der Waals surface area contributed by atoms with Crippen LogP contribution in [0.3, 0.4) is 0 Å². The lowest BCUT2D eigenvalue weighted by Crippen LogP contribution is -2.39. The molecule has 0 radical (unpaired) electrons. The van der Waals surface area contributed by atoms with Crippen molar-refractivity contribution in [3.8, 4) is 17.2 Å². The molecule has 1 atom stereocenters. The molecule has 0 spiro atoms. The van der Waals surface area contributed by atoms with E-state index >= 15 is 0 Å². The van der Waals surface area contributed by atoms with Crippen molar-refractivity contribution in [2.24, 2.45) is 0 Å². The van der Waals surface area contributed by atoms with Gasteiger partial charge in [0.15, 0.2) is 12.4 Å². The molecule has 0 aliphatic carbocycles. The average molecular weight is 475 g/mol. The highest BCUT2D eigenvalue weighted by atomic mass is 19.4. The van der Waals surface area contributed by atoms with Crippen LogP contribution in [0.25, 0.3) is 0 Å². The molecule has 1 fully saturated rings. The summed E-state index contributed by atoms with van der Waals surface area (Å²) in [4.78, 5) is 17.8. The summed E-state index contributed by atoms with van der Waals surface area (Å²) in [5, 5.41) is 7.08. The van der Waals surface area contributed by atoms with E-state index in [4.69, 9.17) is 9.47 Å². The lowest BCUT2D eigenvalue weighted by molar-refractivity contribution is -0.141. The molecule has 4 rings (SSSR count). The minimum atomic E-state index is -4.50. The average Bonchev–Trinajstić information content (AvgIpc) is 3.47. The van der Waals surface area contributed by atoms with E-state index in [1.165, 1.54) is 6.07 Å². The molecular weight excluding hydrogens is 451 g/mol. The number of aryl methyl sites for hydroxylation is 1. The van der Waals surface area contributed by atoms with Crippen molar-refractivity contribution >= 4 is 11.6 Å². The van der Waals surface area contributed by atoms with E-state index in [0.29, 0.717) is 18.0 Å². The summed E-state index contributed by atoms with van der Waals surface area (Å²) < 4.78 is 50.9. The van der Waals surface area contributed by atoms with Gasteiger partial charge in [-0.05, 0) is 37.6 Å². The van der Waals surface area contributed by atoms with E-state index in [2.05, 4.69) is 20.3 Å². The van der Waals surface area contributed by atoms with Crippen LogP contribution in [-0.4, -0.2) is 46.4 Å². The summed E-state index contributed by atoms with van der Waals surface area (Å²) in [6, 6.07) is 9.32. The van der Waals surface area contributed by atoms with E-state index in [9.17, 15) is 18.0 Å². The number of rotatable bonds is 8. The first-order valence-electron chi connectivity index (χ1n) is 10.8. The number of nitrogens with zero attached hydrogens (tertiary/aromatic N) is 4. The Bertz CT molecular complexity index is 1120. The number of hydrogen-bond donors (Lipinski definition) is 1. The normalized spacial score (nSPS) is 15.9. The Morgan fingerprint density at radius 1 is 1.18 bits per heavy atom. The molecule has 2 aromatic heterocycles. The topological polar surface area (TPSA) is 81.5 Å². The zero-order valence-electron chi connectivity index (χ0n) is 18.5. The maximum Gasteiger partial charge on any atom is 0.433 e. The third-order valence-electron chi connectivity index (χ3n) is 5.30. The second-order valence-electron chi connectivity index (χ2n) is 7.80. The van der Waals surface area contributed by atoms with E-state index in [-0.39, 0.29) is 24.3 Å². The summed E-state index contributed by atoms with van der Waals surface area (Å²) in [6.07, 6.45) is 0.633. The largest absolute Gasteiger partial charge is 0.480 e. The molecule has 3 aromatic rings. The van der Waals surface area contributed by atoms with Gasteiger partial charge in [-0.3, -0.25) is 9.48 Å². The highest BCUT2D eigenvalue weighted by Crippen LogP contribution is 2.31.